The summed E-state index contributed by atoms with van der Waals surface area (Å²) < 4.78 is 17.6. The number of allylic oxidation sites excluding steroid dienone is 3. The molecule has 1 aliphatic rings. The standard InChI is InChI=1S/C64H121NO10/c1-4-7-10-13-16-19-22-23-24-25-26-27-28-29-30-31-32-33-34-35-37-40-43-46-49-52-59(69)75-62-61(71)60(70)58(53-66)74-64(62)73-54-55(56(67)50-47-44-41-39-36-20-17-14-11-8-5-2)65-63(72)57(68)51-48-45-42-38-21-18-15-12-9-6-3/h23-24,47,50,55-58,60-62,64,66-68,70-71H,4-22,25-46,48-49,51-54H2,1-3H3,(H,65,72)/b24-23+,50-47+. The Morgan fingerprint density at radius 1 is 0.507 bits per heavy atom. The Kier molecular flexibility index (Phi) is 50.1. The number of amides is 1. The van der Waals surface area contributed by atoms with Gasteiger partial charge in [0, 0.05) is 6.42 Å². The smallest absolute Gasteiger partial charge is 0.306 e. The van der Waals surface area contributed by atoms with Gasteiger partial charge in [0.1, 0.15) is 24.4 Å². The number of hydrogen-bond acceptors (Lipinski definition) is 10. The van der Waals surface area contributed by atoms with E-state index < -0.39 is 67.4 Å². The summed E-state index contributed by atoms with van der Waals surface area (Å²) in [5, 5.41) is 56.8. The van der Waals surface area contributed by atoms with E-state index in [0.29, 0.717) is 19.3 Å². The molecule has 11 nitrogen and oxygen atoms in total. The second kappa shape index (κ2) is 52.8. The predicted octanol–water partition coefficient (Wildman–Crippen LogP) is 15.3. The van der Waals surface area contributed by atoms with Crippen molar-refractivity contribution in [1.29, 1.82) is 0 Å². The molecule has 75 heavy (non-hydrogen) atoms. The summed E-state index contributed by atoms with van der Waals surface area (Å²) in [6, 6.07) is -1.02. The van der Waals surface area contributed by atoms with Crippen molar-refractivity contribution in [3.05, 3.63) is 24.3 Å². The van der Waals surface area contributed by atoms with Crippen LogP contribution in [-0.2, 0) is 23.8 Å². The lowest BCUT2D eigenvalue weighted by molar-refractivity contribution is -0.305. The molecule has 0 saturated carbocycles. The molecule has 6 N–H and O–H groups in total. The number of hydrogen-bond donors (Lipinski definition) is 6. The van der Waals surface area contributed by atoms with E-state index in [4.69, 9.17) is 14.2 Å². The minimum atomic E-state index is -1.61. The summed E-state index contributed by atoms with van der Waals surface area (Å²) in [7, 11) is 0. The number of nitrogens with one attached hydrogen (secondary N) is 1. The van der Waals surface area contributed by atoms with E-state index in [0.717, 1.165) is 57.8 Å². The maximum absolute atomic E-state index is 13.3. The molecule has 0 aromatic carbocycles. The van der Waals surface area contributed by atoms with Crippen LogP contribution in [0.3, 0.4) is 0 Å². The van der Waals surface area contributed by atoms with Gasteiger partial charge in [-0.15, -0.1) is 0 Å². The third-order valence-corrected chi connectivity index (χ3v) is 15.4. The number of unbranched alkanes of at least 4 members (excludes halogenated alkanes) is 39. The Morgan fingerprint density at radius 2 is 0.880 bits per heavy atom. The van der Waals surface area contributed by atoms with E-state index in [9.17, 15) is 35.1 Å². The zero-order chi connectivity index (χ0) is 54.7. The van der Waals surface area contributed by atoms with Gasteiger partial charge in [0.05, 0.1) is 25.4 Å². The molecular weight excluding hydrogens is 943 g/mol. The minimum absolute atomic E-state index is 0.129. The first-order chi connectivity index (χ1) is 36.7. The number of esters is 1. The van der Waals surface area contributed by atoms with Crippen molar-refractivity contribution < 1.29 is 49.3 Å². The van der Waals surface area contributed by atoms with Crippen LogP contribution in [0.1, 0.15) is 310 Å². The highest BCUT2D eigenvalue weighted by Gasteiger charge is 2.47. The SMILES string of the molecule is CCCCCCCC/C=C/CCCCCCCCCCCCCCCCCC(=O)OC1C(OCC(NC(=O)C(O)CCCCCCCCCCCC)C(O)/C=C/CCCCCCCCCCC)OC(CO)C(O)C1O. The molecule has 1 heterocycles. The van der Waals surface area contributed by atoms with Crippen LogP contribution in [0.2, 0.25) is 0 Å². The Balaban J connectivity index is 2.53. The van der Waals surface area contributed by atoms with E-state index in [1.807, 2.05) is 6.08 Å². The van der Waals surface area contributed by atoms with Crippen LogP contribution in [0, 0.1) is 0 Å². The van der Waals surface area contributed by atoms with Crippen LogP contribution >= 0.6 is 0 Å². The fourth-order valence-electron chi connectivity index (χ4n) is 10.2. The first kappa shape index (κ1) is 71.2. The molecule has 11 heteroatoms. The highest BCUT2D eigenvalue weighted by atomic mass is 16.7. The van der Waals surface area contributed by atoms with Gasteiger partial charge in [-0.2, -0.15) is 0 Å². The highest BCUT2D eigenvalue weighted by molar-refractivity contribution is 5.80. The van der Waals surface area contributed by atoms with Crippen LogP contribution in [0.4, 0.5) is 0 Å². The van der Waals surface area contributed by atoms with Crippen LogP contribution in [0.5, 0.6) is 0 Å². The van der Waals surface area contributed by atoms with Gasteiger partial charge in [-0.1, -0.05) is 276 Å². The van der Waals surface area contributed by atoms with E-state index in [-0.39, 0.29) is 13.0 Å². The van der Waals surface area contributed by atoms with Crippen molar-refractivity contribution in [2.45, 2.75) is 359 Å². The number of carbonyl (C=O) groups is 2. The number of ether oxygens (including phenoxy) is 3. The van der Waals surface area contributed by atoms with Crippen molar-refractivity contribution in [2.24, 2.45) is 0 Å². The second-order valence-electron chi connectivity index (χ2n) is 22.5. The maximum atomic E-state index is 13.3. The molecule has 8 unspecified atom stereocenters. The Labute approximate surface area is 461 Å². The number of carbonyl (C=O) groups excluding carboxylic acids is 2. The summed E-state index contributed by atoms with van der Waals surface area (Å²) in [6.45, 7) is 5.78. The quantitative estimate of drug-likeness (QED) is 0.0195. The van der Waals surface area contributed by atoms with Gasteiger partial charge in [-0.3, -0.25) is 9.59 Å². The average molecular weight is 1060 g/mol. The Morgan fingerprint density at radius 3 is 1.29 bits per heavy atom. The zero-order valence-electron chi connectivity index (χ0n) is 48.9. The predicted molar refractivity (Wildman–Crippen MR) is 311 cm³/mol. The molecule has 0 radical (unpaired) electrons. The first-order valence-electron chi connectivity index (χ1n) is 32.1. The van der Waals surface area contributed by atoms with E-state index >= 15 is 0 Å². The summed E-state index contributed by atoms with van der Waals surface area (Å²) >= 11 is 0. The first-order valence-corrected chi connectivity index (χ1v) is 32.1. The summed E-state index contributed by atoms with van der Waals surface area (Å²) in [4.78, 5) is 26.5. The topological polar surface area (TPSA) is 175 Å². The van der Waals surface area contributed by atoms with Gasteiger partial charge in [0.15, 0.2) is 12.4 Å². The van der Waals surface area contributed by atoms with Crippen molar-refractivity contribution in [2.75, 3.05) is 13.2 Å². The molecular formula is C64H121NO10. The van der Waals surface area contributed by atoms with Crippen LogP contribution in [0.15, 0.2) is 24.3 Å². The monoisotopic (exact) mass is 1060 g/mol. The van der Waals surface area contributed by atoms with Gasteiger partial charge in [0.25, 0.3) is 0 Å². The van der Waals surface area contributed by atoms with Gasteiger partial charge in [-0.25, -0.2) is 0 Å². The average Bonchev–Trinajstić information content (AvgIpc) is 3.41. The van der Waals surface area contributed by atoms with Crippen molar-refractivity contribution in [1.82, 2.24) is 5.32 Å². The third-order valence-electron chi connectivity index (χ3n) is 15.4. The molecule has 0 aliphatic carbocycles. The van der Waals surface area contributed by atoms with E-state index in [1.54, 1.807) is 6.08 Å². The lowest BCUT2D eigenvalue weighted by Crippen LogP contribution is -2.61. The van der Waals surface area contributed by atoms with Crippen molar-refractivity contribution in [3.63, 3.8) is 0 Å². The number of aliphatic hydroxyl groups is 5. The molecule has 0 aromatic heterocycles. The Hall–Kier alpha value is -1.86. The Bertz CT molecular complexity index is 1310. The largest absolute Gasteiger partial charge is 0.454 e. The van der Waals surface area contributed by atoms with Gasteiger partial charge < -0.3 is 45.1 Å². The fraction of sp³-hybridized carbons (Fsp3) is 0.906. The van der Waals surface area contributed by atoms with E-state index in [2.05, 4.69) is 38.2 Å². The van der Waals surface area contributed by atoms with Crippen LogP contribution in [-0.4, -0.2) is 99.6 Å². The third kappa shape index (κ3) is 40.9. The fourth-order valence-corrected chi connectivity index (χ4v) is 10.2. The van der Waals surface area contributed by atoms with E-state index in [1.165, 1.54) is 205 Å². The molecule has 1 aliphatic heterocycles. The minimum Gasteiger partial charge on any atom is -0.454 e. The lowest BCUT2D eigenvalue weighted by Gasteiger charge is -2.41. The summed E-state index contributed by atoms with van der Waals surface area (Å²) in [5.41, 5.74) is 0. The van der Waals surface area contributed by atoms with Gasteiger partial charge in [0.2, 0.25) is 5.91 Å². The molecule has 1 saturated heterocycles. The molecule has 1 fully saturated rings. The molecule has 0 aromatic rings. The normalized spacial score (nSPS) is 19.3. The van der Waals surface area contributed by atoms with Crippen LogP contribution < -0.4 is 5.32 Å². The molecule has 442 valence electrons. The molecule has 0 bridgehead atoms. The van der Waals surface area contributed by atoms with Crippen molar-refractivity contribution in [3.8, 4) is 0 Å². The summed E-state index contributed by atoms with van der Waals surface area (Å²) in [6.07, 6.45) is 51.0. The van der Waals surface area contributed by atoms with Crippen LogP contribution in [0.25, 0.3) is 0 Å². The number of aliphatic hydroxyl groups excluding tert-OH is 5. The summed E-state index contributed by atoms with van der Waals surface area (Å²) in [5.74, 6) is -1.18. The van der Waals surface area contributed by atoms with Gasteiger partial charge in [-0.05, 0) is 51.4 Å². The number of rotatable bonds is 55. The maximum Gasteiger partial charge on any atom is 0.306 e. The molecule has 0 spiro atoms. The zero-order valence-corrected chi connectivity index (χ0v) is 48.9. The molecule has 8 atom stereocenters. The lowest BCUT2D eigenvalue weighted by atomic mass is 9.99. The van der Waals surface area contributed by atoms with Gasteiger partial charge >= 0.3 is 5.97 Å². The highest BCUT2D eigenvalue weighted by Crippen LogP contribution is 2.26. The van der Waals surface area contributed by atoms with Crippen molar-refractivity contribution >= 4 is 11.9 Å². The second-order valence-corrected chi connectivity index (χ2v) is 22.5. The molecule has 1 rings (SSSR count). The molecule has 1 amide bonds.